The number of benzene rings is 1. The molecule has 96 valence electrons. The van der Waals surface area contributed by atoms with Crippen LogP contribution in [0.25, 0.3) is 0 Å². The molecule has 2 rings (SSSR count). The number of hydrogen-bond donors (Lipinski definition) is 3. The van der Waals surface area contributed by atoms with Crippen LogP contribution >= 0.6 is 11.6 Å². The number of halogens is 1. The van der Waals surface area contributed by atoms with Crippen LogP contribution in [0.1, 0.15) is 5.69 Å². The molecular formula is C10H11ClN4O2S. The number of aryl methyl sites for hydroxylation is 1. The van der Waals surface area contributed by atoms with Gasteiger partial charge >= 0.3 is 0 Å². The Hall–Kier alpha value is -1.73. The number of rotatable bonds is 3. The summed E-state index contributed by atoms with van der Waals surface area (Å²) in [5, 5.41) is 6.53. The number of H-pyrrole nitrogens is 1. The molecule has 0 unspecified atom stereocenters. The Labute approximate surface area is 109 Å². The number of nitrogens with zero attached hydrogens (tertiary/aromatic N) is 1. The number of anilines is 2. The highest BCUT2D eigenvalue weighted by Crippen LogP contribution is 2.24. The molecule has 0 radical (unpaired) electrons. The number of aromatic nitrogens is 2. The van der Waals surface area contributed by atoms with E-state index in [-0.39, 0.29) is 4.90 Å². The molecule has 1 aromatic heterocycles. The van der Waals surface area contributed by atoms with E-state index in [1.54, 1.807) is 6.92 Å². The Morgan fingerprint density at radius 1 is 1.44 bits per heavy atom. The lowest BCUT2D eigenvalue weighted by Crippen LogP contribution is -2.13. The Morgan fingerprint density at radius 2 is 2.17 bits per heavy atom. The zero-order valence-electron chi connectivity index (χ0n) is 9.44. The first-order valence-corrected chi connectivity index (χ1v) is 6.84. The molecule has 0 saturated carbocycles. The zero-order chi connectivity index (χ0) is 13.3. The van der Waals surface area contributed by atoms with Crippen LogP contribution in [0.4, 0.5) is 11.4 Å². The highest BCUT2D eigenvalue weighted by molar-refractivity contribution is 7.92. The smallest absolute Gasteiger partial charge is 0.265 e. The summed E-state index contributed by atoms with van der Waals surface area (Å²) in [4.78, 5) is 0.0930. The van der Waals surface area contributed by atoms with E-state index in [9.17, 15) is 8.42 Å². The van der Waals surface area contributed by atoms with Crippen LogP contribution in [0.5, 0.6) is 0 Å². The third-order valence-electron chi connectivity index (χ3n) is 2.33. The van der Waals surface area contributed by atoms with Gasteiger partial charge in [0.1, 0.15) is 4.90 Å². The normalized spacial score (nSPS) is 11.4. The van der Waals surface area contributed by atoms with Crippen molar-refractivity contribution < 1.29 is 8.42 Å². The molecule has 18 heavy (non-hydrogen) atoms. The predicted octanol–water partition coefficient (Wildman–Crippen LogP) is 1.75. The molecule has 8 heteroatoms. The molecule has 1 heterocycles. The SMILES string of the molecule is Cc1[nH]ncc1S(=O)(=O)Nc1ccc(N)c(Cl)c1. The first-order valence-electron chi connectivity index (χ1n) is 4.98. The molecule has 6 nitrogen and oxygen atoms in total. The summed E-state index contributed by atoms with van der Waals surface area (Å²) in [6, 6.07) is 4.51. The van der Waals surface area contributed by atoms with Gasteiger partial charge in [-0.25, -0.2) is 8.42 Å². The van der Waals surface area contributed by atoms with E-state index in [4.69, 9.17) is 17.3 Å². The van der Waals surface area contributed by atoms with E-state index in [0.717, 1.165) is 0 Å². The zero-order valence-corrected chi connectivity index (χ0v) is 11.0. The van der Waals surface area contributed by atoms with Gasteiger partial charge in [0, 0.05) is 0 Å². The number of nitrogens with one attached hydrogen (secondary N) is 2. The maximum absolute atomic E-state index is 12.0. The summed E-state index contributed by atoms with van der Waals surface area (Å²) in [5.41, 5.74) is 6.74. The summed E-state index contributed by atoms with van der Waals surface area (Å²) in [6.07, 6.45) is 1.25. The molecule has 0 aliphatic heterocycles. The Kier molecular flexibility index (Phi) is 3.18. The standard InChI is InChI=1S/C10H11ClN4O2S/c1-6-10(5-13-14-6)18(16,17)15-7-2-3-9(12)8(11)4-7/h2-5,15H,12H2,1H3,(H,13,14). The van der Waals surface area contributed by atoms with Gasteiger partial charge in [-0.1, -0.05) is 11.6 Å². The highest BCUT2D eigenvalue weighted by Gasteiger charge is 2.18. The largest absolute Gasteiger partial charge is 0.398 e. The van der Waals surface area contributed by atoms with Crippen LogP contribution in [0.3, 0.4) is 0 Å². The molecule has 0 saturated heterocycles. The van der Waals surface area contributed by atoms with Crippen molar-refractivity contribution in [3.8, 4) is 0 Å². The van der Waals surface area contributed by atoms with Gasteiger partial charge in [-0.15, -0.1) is 0 Å². The molecule has 0 fully saturated rings. The van der Waals surface area contributed by atoms with Crippen molar-refractivity contribution in [1.82, 2.24) is 10.2 Å². The number of nitrogen functional groups attached to an aromatic ring is 1. The minimum Gasteiger partial charge on any atom is -0.398 e. The lowest BCUT2D eigenvalue weighted by Gasteiger charge is -2.08. The predicted molar refractivity (Wildman–Crippen MR) is 70.0 cm³/mol. The van der Waals surface area contributed by atoms with Crippen LogP contribution in [0.15, 0.2) is 29.3 Å². The lowest BCUT2D eigenvalue weighted by molar-refractivity contribution is 0.600. The van der Waals surface area contributed by atoms with Crippen molar-refractivity contribution in [3.63, 3.8) is 0 Å². The maximum atomic E-state index is 12.0. The number of aromatic amines is 1. The average molecular weight is 287 g/mol. The molecular weight excluding hydrogens is 276 g/mol. The second-order valence-electron chi connectivity index (χ2n) is 3.70. The fourth-order valence-electron chi connectivity index (χ4n) is 1.41. The number of sulfonamides is 1. The van der Waals surface area contributed by atoms with Gasteiger partial charge in [-0.05, 0) is 25.1 Å². The Bertz CT molecular complexity index is 681. The lowest BCUT2D eigenvalue weighted by atomic mass is 10.3. The molecule has 2 aromatic rings. The minimum atomic E-state index is -3.67. The van der Waals surface area contributed by atoms with Crippen LogP contribution in [-0.2, 0) is 10.0 Å². The molecule has 0 amide bonds. The van der Waals surface area contributed by atoms with Gasteiger partial charge in [-0.3, -0.25) is 9.82 Å². The quantitative estimate of drug-likeness (QED) is 0.748. The Morgan fingerprint density at radius 3 is 2.72 bits per heavy atom. The summed E-state index contributed by atoms with van der Waals surface area (Å²) >= 11 is 5.82. The van der Waals surface area contributed by atoms with Crippen molar-refractivity contribution in [2.75, 3.05) is 10.5 Å². The molecule has 1 aromatic carbocycles. The van der Waals surface area contributed by atoms with E-state index < -0.39 is 10.0 Å². The highest BCUT2D eigenvalue weighted by atomic mass is 35.5. The third-order valence-corrected chi connectivity index (χ3v) is 4.15. The van der Waals surface area contributed by atoms with E-state index >= 15 is 0 Å². The van der Waals surface area contributed by atoms with E-state index in [2.05, 4.69) is 14.9 Å². The summed E-state index contributed by atoms with van der Waals surface area (Å²) in [5.74, 6) is 0. The van der Waals surface area contributed by atoms with Crippen LogP contribution in [0, 0.1) is 6.92 Å². The molecule has 4 N–H and O–H groups in total. The first-order chi connectivity index (χ1) is 8.40. The van der Waals surface area contributed by atoms with Crippen LogP contribution in [0.2, 0.25) is 5.02 Å². The van der Waals surface area contributed by atoms with Crippen molar-refractivity contribution in [3.05, 3.63) is 35.1 Å². The monoisotopic (exact) mass is 286 g/mol. The van der Waals surface area contributed by atoms with Gasteiger partial charge in [0.25, 0.3) is 10.0 Å². The molecule has 0 spiro atoms. The molecule has 0 aliphatic rings. The van der Waals surface area contributed by atoms with Crippen molar-refractivity contribution >= 4 is 33.0 Å². The number of hydrogen-bond acceptors (Lipinski definition) is 4. The third kappa shape index (κ3) is 2.41. The second-order valence-corrected chi connectivity index (χ2v) is 5.76. The van der Waals surface area contributed by atoms with Gasteiger partial charge in [0.05, 0.1) is 28.3 Å². The Balaban J connectivity index is 2.34. The number of nitrogens with two attached hydrogens (primary N) is 1. The maximum Gasteiger partial charge on any atom is 0.265 e. The van der Waals surface area contributed by atoms with E-state index in [1.165, 1.54) is 24.4 Å². The van der Waals surface area contributed by atoms with Crippen LogP contribution in [-0.4, -0.2) is 18.6 Å². The summed E-state index contributed by atoms with van der Waals surface area (Å²) < 4.78 is 26.5. The van der Waals surface area contributed by atoms with Crippen LogP contribution < -0.4 is 10.5 Å². The van der Waals surface area contributed by atoms with E-state index in [1.807, 2.05) is 0 Å². The topological polar surface area (TPSA) is 101 Å². The minimum absolute atomic E-state index is 0.0930. The fourth-order valence-corrected chi connectivity index (χ4v) is 2.78. The van der Waals surface area contributed by atoms with Crippen molar-refractivity contribution in [2.45, 2.75) is 11.8 Å². The second kappa shape index (κ2) is 4.51. The van der Waals surface area contributed by atoms with Crippen molar-refractivity contribution in [2.24, 2.45) is 0 Å². The van der Waals surface area contributed by atoms with Gasteiger partial charge in [0.15, 0.2) is 0 Å². The average Bonchev–Trinajstić information content (AvgIpc) is 2.70. The van der Waals surface area contributed by atoms with Gasteiger partial charge in [-0.2, -0.15) is 5.10 Å². The van der Waals surface area contributed by atoms with E-state index in [0.29, 0.717) is 22.1 Å². The molecule has 0 bridgehead atoms. The van der Waals surface area contributed by atoms with Crippen molar-refractivity contribution in [1.29, 1.82) is 0 Å². The van der Waals surface area contributed by atoms with Gasteiger partial charge < -0.3 is 5.73 Å². The fraction of sp³-hybridized carbons (Fsp3) is 0.100. The summed E-state index contributed by atoms with van der Waals surface area (Å²) in [7, 11) is -3.67. The molecule has 0 atom stereocenters. The molecule has 0 aliphatic carbocycles. The summed E-state index contributed by atoms with van der Waals surface area (Å²) in [6.45, 7) is 1.62. The first kappa shape index (κ1) is 12.7. The van der Waals surface area contributed by atoms with Gasteiger partial charge in [0.2, 0.25) is 0 Å².